The molecule has 78 valence electrons. The van der Waals surface area contributed by atoms with Crippen LogP contribution in [0.3, 0.4) is 0 Å². The molecule has 0 aliphatic carbocycles. The largest absolute Gasteiger partial charge is 0.353 e. The molecule has 2 unspecified atom stereocenters. The van der Waals surface area contributed by atoms with Crippen molar-refractivity contribution in [3.63, 3.8) is 0 Å². The molecule has 0 bridgehead atoms. The standard InChI is InChI=1S/C10H20ClNO/c1-4-6-9(5-2)12-10(13)8(3)7-11/h8-9H,4-7H2,1-3H3,(H,12,13). The molecule has 0 radical (unpaired) electrons. The highest BCUT2D eigenvalue weighted by Gasteiger charge is 2.14. The van der Waals surface area contributed by atoms with Gasteiger partial charge in [-0.1, -0.05) is 27.2 Å². The molecule has 3 heteroatoms. The summed E-state index contributed by atoms with van der Waals surface area (Å²) in [6.07, 6.45) is 3.15. The molecule has 2 atom stereocenters. The topological polar surface area (TPSA) is 29.1 Å². The lowest BCUT2D eigenvalue weighted by Gasteiger charge is -2.18. The summed E-state index contributed by atoms with van der Waals surface area (Å²) >= 11 is 5.59. The van der Waals surface area contributed by atoms with Gasteiger partial charge in [0.2, 0.25) is 5.91 Å². The zero-order chi connectivity index (χ0) is 10.3. The zero-order valence-corrected chi connectivity index (χ0v) is 9.53. The molecule has 0 aromatic rings. The molecule has 0 aliphatic heterocycles. The Bertz CT molecular complexity index is 150. The van der Waals surface area contributed by atoms with Crippen LogP contribution in [0.1, 0.15) is 40.0 Å². The van der Waals surface area contributed by atoms with Crippen molar-refractivity contribution in [3.8, 4) is 0 Å². The van der Waals surface area contributed by atoms with Crippen LogP contribution in [0, 0.1) is 5.92 Å². The van der Waals surface area contributed by atoms with Crippen LogP contribution in [0.5, 0.6) is 0 Å². The molecule has 0 fully saturated rings. The predicted octanol–water partition coefficient (Wildman–Crippen LogP) is 2.56. The van der Waals surface area contributed by atoms with E-state index in [1.54, 1.807) is 0 Å². The van der Waals surface area contributed by atoms with Crippen molar-refractivity contribution in [2.45, 2.75) is 46.1 Å². The summed E-state index contributed by atoms with van der Waals surface area (Å²) in [5.74, 6) is 0.400. The third kappa shape index (κ3) is 5.14. The number of nitrogens with one attached hydrogen (secondary N) is 1. The second kappa shape index (κ2) is 7.19. The van der Waals surface area contributed by atoms with Crippen LogP contribution in [-0.2, 0) is 4.79 Å². The first-order valence-electron chi connectivity index (χ1n) is 5.02. The van der Waals surface area contributed by atoms with Gasteiger partial charge in [0, 0.05) is 17.8 Å². The lowest BCUT2D eigenvalue weighted by molar-refractivity contribution is -0.124. The van der Waals surface area contributed by atoms with Crippen LogP contribution < -0.4 is 5.32 Å². The van der Waals surface area contributed by atoms with Gasteiger partial charge in [-0.15, -0.1) is 11.6 Å². The van der Waals surface area contributed by atoms with Gasteiger partial charge in [-0.25, -0.2) is 0 Å². The molecule has 1 N–H and O–H groups in total. The summed E-state index contributed by atoms with van der Waals surface area (Å²) in [6.45, 7) is 6.06. The third-order valence-electron chi connectivity index (χ3n) is 2.16. The van der Waals surface area contributed by atoms with Crippen molar-refractivity contribution in [2.24, 2.45) is 5.92 Å². The van der Waals surface area contributed by atoms with Gasteiger partial charge >= 0.3 is 0 Å². The molecule has 0 aromatic carbocycles. The highest BCUT2D eigenvalue weighted by molar-refractivity contribution is 6.19. The van der Waals surface area contributed by atoms with E-state index in [-0.39, 0.29) is 11.8 Å². The Balaban J connectivity index is 3.85. The average Bonchev–Trinajstić information content (AvgIpc) is 2.15. The molecule has 0 saturated carbocycles. The van der Waals surface area contributed by atoms with Gasteiger partial charge in [0.1, 0.15) is 0 Å². The van der Waals surface area contributed by atoms with E-state index in [4.69, 9.17) is 11.6 Å². The van der Waals surface area contributed by atoms with Crippen molar-refractivity contribution >= 4 is 17.5 Å². The molecule has 0 rings (SSSR count). The summed E-state index contributed by atoms with van der Waals surface area (Å²) < 4.78 is 0. The minimum Gasteiger partial charge on any atom is -0.353 e. The minimum atomic E-state index is -0.0763. The van der Waals surface area contributed by atoms with Gasteiger partial charge in [-0.05, 0) is 12.8 Å². The Labute approximate surface area is 86.0 Å². The quantitative estimate of drug-likeness (QED) is 0.664. The van der Waals surface area contributed by atoms with E-state index in [0.717, 1.165) is 19.3 Å². The molecule has 1 amide bonds. The van der Waals surface area contributed by atoms with Crippen LogP contribution in [0.4, 0.5) is 0 Å². The fourth-order valence-corrected chi connectivity index (χ4v) is 1.28. The maximum absolute atomic E-state index is 11.4. The summed E-state index contributed by atoms with van der Waals surface area (Å²) in [6, 6.07) is 0.322. The summed E-state index contributed by atoms with van der Waals surface area (Å²) in [4.78, 5) is 11.4. The van der Waals surface area contributed by atoms with Crippen molar-refractivity contribution < 1.29 is 4.79 Å². The lowest BCUT2D eigenvalue weighted by atomic mass is 10.1. The van der Waals surface area contributed by atoms with Crippen LogP contribution in [0.15, 0.2) is 0 Å². The first kappa shape index (κ1) is 12.8. The Morgan fingerprint density at radius 3 is 2.46 bits per heavy atom. The van der Waals surface area contributed by atoms with Crippen molar-refractivity contribution in [3.05, 3.63) is 0 Å². The van der Waals surface area contributed by atoms with E-state index in [9.17, 15) is 4.79 Å². The molecular formula is C10H20ClNO. The van der Waals surface area contributed by atoms with Gasteiger partial charge in [0.25, 0.3) is 0 Å². The molecular weight excluding hydrogens is 186 g/mol. The van der Waals surface area contributed by atoms with Gasteiger partial charge in [0.05, 0.1) is 0 Å². The molecule has 0 saturated heterocycles. The number of carbonyl (C=O) groups excluding carboxylic acids is 1. The molecule has 0 spiro atoms. The molecule has 0 heterocycles. The zero-order valence-electron chi connectivity index (χ0n) is 8.77. The molecule has 2 nitrogen and oxygen atoms in total. The van der Waals surface area contributed by atoms with E-state index in [1.807, 2.05) is 6.92 Å². The molecule has 0 aromatic heterocycles. The average molecular weight is 206 g/mol. The van der Waals surface area contributed by atoms with Crippen molar-refractivity contribution in [1.82, 2.24) is 5.32 Å². The van der Waals surface area contributed by atoms with Crippen LogP contribution >= 0.6 is 11.6 Å². The first-order chi connectivity index (χ1) is 6.15. The van der Waals surface area contributed by atoms with E-state index < -0.39 is 0 Å². The Morgan fingerprint density at radius 2 is 2.08 bits per heavy atom. The Kier molecular flexibility index (Phi) is 7.06. The van der Waals surface area contributed by atoms with Gasteiger partial charge in [-0.3, -0.25) is 4.79 Å². The van der Waals surface area contributed by atoms with Gasteiger partial charge in [0.15, 0.2) is 0 Å². The van der Waals surface area contributed by atoms with Crippen LogP contribution in [0.25, 0.3) is 0 Å². The smallest absolute Gasteiger partial charge is 0.224 e. The number of alkyl halides is 1. The number of halogens is 1. The van der Waals surface area contributed by atoms with Gasteiger partial charge in [-0.2, -0.15) is 0 Å². The van der Waals surface area contributed by atoms with Crippen molar-refractivity contribution in [1.29, 1.82) is 0 Å². The number of hydrogen-bond donors (Lipinski definition) is 1. The minimum absolute atomic E-state index is 0.0763. The highest BCUT2D eigenvalue weighted by Crippen LogP contribution is 2.04. The highest BCUT2D eigenvalue weighted by atomic mass is 35.5. The number of carbonyl (C=O) groups is 1. The maximum atomic E-state index is 11.4. The Morgan fingerprint density at radius 1 is 1.46 bits per heavy atom. The number of rotatable bonds is 6. The predicted molar refractivity (Wildman–Crippen MR) is 57.0 cm³/mol. The van der Waals surface area contributed by atoms with Crippen molar-refractivity contribution in [2.75, 3.05) is 5.88 Å². The monoisotopic (exact) mass is 205 g/mol. The lowest BCUT2D eigenvalue weighted by Crippen LogP contribution is -2.38. The van der Waals surface area contributed by atoms with E-state index in [1.165, 1.54) is 0 Å². The summed E-state index contributed by atoms with van der Waals surface area (Å²) in [5, 5.41) is 2.99. The normalized spacial score (nSPS) is 15.1. The summed E-state index contributed by atoms with van der Waals surface area (Å²) in [5.41, 5.74) is 0. The summed E-state index contributed by atoms with van der Waals surface area (Å²) in [7, 11) is 0. The van der Waals surface area contributed by atoms with Gasteiger partial charge < -0.3 is 5.32 Å². The first-order valence-corrected chi connectivity index (χ1v) is 5.55. The van der Waals surface area contributed by atoms with E-state index >= 15 is 0 Å². The second-order valence-corrected chi connectivity index (χ2v) is 3.77. The van der Waals surface area contributed by atoms with Crippen LogP contribution in [-0.4, -0.2) is 17.8 Å². The van der Waals surface area contributed by atoms with E-state index in [2.05, 4.69) is 19.2 Å². The van der Waals surface area contributed by atoms with Crippen LogP contribution in [0.2, 0.25) is 0 Å². The third-order valence-corrected chi connectivity index (χ3v) is 2.62. The molecule has 13 heavy (non-hydrogen) atoms. The fourth-order valence-electron chi connectivity index (χ4n) is 1.14. The SMILES string of the molecule is CCCC(CC)NC(=O)C(C)CCl. The van der Waals surface area contributed by atoms with E-state index in [0.29, 0.717) is 11.9 Å². The number of hydrogen-bond acceptors (Lipinski definition) is 1. The number of amides is 1. The fraction of sp³-hybridized carbons (Fsp3) is 0.900. The Hall–Kier alpha value is -0.240. The molecule has 0 aliphatic rings. The second-order valence-electron chi connectivity index (χ2n) is 3.46. The maximum Gasteiger partial charge on any atom is 0.224 e.